The molecule has 2 aromatic rings. The first-order valence-electron chi connectivity index (χ1n) is 7.43. The van der Waals surface area contributed by atoms with E-state index in [0.29, 0.717) is 17.3 Å². The lowest BCUT2D eigenvalue weighted by molar-refractivity contribution is -0.125. The summed E-state index contributed by atoms with van der Waals surface area (Å²) >= 11 is 6.03. The number of anilines is 2. The van der Waals surface area contributed by atoms with E-state index in [9.17, 15) is 9.59 Å². The maximum Gasteiger partial charge on any atom is 0.236 e. The van der Waals surface area contributed by atoms with Gasteiger partial charge in [-0.15, -0.1) is 0 Å². The second-order valence-electron chi connectivity index (χ2n) is 5.11. The molecule has 2 aromatic carbocycles. The molecule has 0 saturated heterocycles. The number of carbonyl (C=O) groups excluding carboxylic acids is 2. The zero-order valence-corrected chi connectivity index (χ0v) is 13.9. The Balaban J connectivity index is 2.04. The van der Waals surface area contributed by atoms with E-state index in [-0.39, 0.29) is 18.2 Å². The molecule has 2 rings (SSSR count). The van der Waals surface area contributed by atoms with E-state index in [1.165, 1.54) is 0 Å². The van der Waals surface area contributed by atoms with Crippen LogP contribution in [0.25, 0.3) is 0 Å². The third-order valence-electron chi connectivity index (χ3n) is 3.54. The van der Waals surface area contributed by atoms with E-state index in [1.54, 1.807) is 23.1 Å². The Morgan fingerprint density at radius 1 is 1.09 bits per heavy atom. The fraction of sp³-hybridized carbons (Fsp3) is 0.222. The molecule has 0 aliphatic rings. The summed E-state index contributed by atoms with van der Waals surface area (Å²) < 4.78 is 0. The molecule has 23 heavy (non-hydrogen) atoms. The molecule has 1 N–H and O–H groups in total. The lowest BCUT2D eigenvalue weighted by Crippen LogP contribution is -2.33. The summed E-state index contributed by atoms with van der Waals surface area (Å²) in [5, 5.41) is 3.32. The predicted octanol–water partition coefficient (Wildman–Crippen LogP) is 4.03. The Hall–Kier alpha value is -2.33. The third kappa shape index (κ3) is 4.33. The van der Waals surface area contributed by atoms with Gasteiger partial charge in [-0.05, 0) is 43.7 Å². The summed E-state index contributed by atoms with van der Waals surface area (Å²) in [6, 6.07) is 14.6. The molecule has 0 heterocycles. The summed E-state index contributed by atoms with van der Waals surface area (Å²) in [6.45, 7) is 4.21. The van der Waals surface area contributed by atoms with Crippen LogP contribution < -0.4 is 10.2 Å². The molecule has 0 unspecified atom stereocenters. The summed E-state index contributed by atoms with van der Waals surface area (Å²) in [5.41, 5.74) is 2.19. The first-order valence-corrected chi connectivity index (χ1v) is 7.81. The quantitative estimate of drug-likeness (QED) is 0.841. The monoisotopic (exact) mass is 330 g/mol. The van der Waals surface area contributed by atoms with Gasteiger partial charge in [0.25, 0.3) is 0 Å². The predicted molar refractivity (Wildman–Crippen MR) is 93.9 cm³/mol. The van der Waals surface area contributed by atoms with Crippen molar-refractivity contribution < 1.29 is 9.59 Å². The van der Waals surface area contributed by atoms with E-state index in [2.05, 4.69) is 5.32 Å². The molecule has 0 fully saturated rings. The number of nitrogens with one attached hydrogen (secondary N) is 1. The van der Waals surface area contributed by atoms with Crippen LogP contribution in [0, 0.1) is 6.92 Å². The lowest BCUT2D eigenvalue weighted by Gasteiger charge is -2.21. The lowest BCUT2D eigenvalue weighted by atomic mass is 10.2. The molecule has 0 radical (unpaired) electrons. The maximum absolute atomic E-state index is 12.4. The van der Waals surface area contributed by atoms with Gasteiger partial charge in [-0.1, -0.05) is 35.9 Å². The van der Waals surface area contributed by atoms with E-state index in [0.717, 1.165) is 11.3 Å². The van der Waals surface area contributed by atoms with Crippen LogP contribution in [0.4, 0.5) is 11.4 Å². The highest BCUT2D eigenvalue weighted by atomic mass is 35.5. The van der Waals surface area contributed by atoms with Crippen LogP contribution >= 0.6 is 11.6 Å². The fourth-order valence-electron chi connectivity index (χ4n) is 2.28. The molecule has 0 atom stereocenters. The molecule has 0 bridgehead atoms. The van der Waals surface area contributed by atoms with Gasteiger partial charge in [0.15, 0.2) is 0 Å². The van der Waals surface area contributed by atoms with Crippen molar-refractivity contribution >= 4 is 34.8 Å². The number of rotatable bonds is 5. The van der Waals surface area contributed by atoms with Crippen molar-refractivity contribution in [2.45, 2.75) is 20.3 Å². The molecule has 0 spiro atoms. The topological polar surface area (TPSA) is 49.4 Å². The van der Waals surface area contributed by atoms with Gasteiger partial charge in [-0.2, -0.15) is 0 Å². The number of amides is 2. The highest BCUT2D eigenvalue weighted by molar-refractivity contribution is 6.31. The van der Waals surface area contributed by atoms with Crippen molar-refractivity contribution in [1.29, 1.82) is 0 Å². The van der Waals surface area contributed by atoms with Gasteiger partial charge in [0.2, 0.25) is 11.8 Å². The van der Waals surface area contributed by atoms with Crippen LogP contribution in [0.5, 0.6) is 0 Å². The molecule has 0 aliphatic heterocycles. The number of nitrogens with zero attached hydrogens (tertiary/aromatic N) is 1. The molecular formula is C18H19ClN2O2. The van der Waals surface area contributed by atoms with Gasteiger partial charge in [0, 0.05) is 22.9 Å². The molecule has 120 valence electrons. The van der Waals surface area contributed by atoms with Crippen LogP contribution in [0.1, 0.15) is 18.9 Å². The Morgan fingerprint density at radius 3 is 2.43 bits per heavy atom. The molecule has 5 heteroatoms. The van der Waals surface area contributed by atoms with Crippen LogP contribution in [-0.2, 0) is 9.59 Å². The summed E-state index contributed by atoms with van der Waals surface area (Å²) in [4.78, 5) is 26.1. The summed E-state index contributed by atoms with van der Waals surface area (Å²) in [6.07, 6.45) is -0.214. The molecule has 0 aromatic heterocycles. The number of para-hydroxylation sites is 1. The minimum Gasteiger partial charge on any atom is -0.325 e. The minimum atomic E-state index is -0.352. The number of halogens is 1. The van der Waals surface area contributed by atoms with E-state index in [4.69, 9.17) is 11.6 Å². The normalized spacial score (nSPS) is 10.2. The van der Waals surface area contributed by atoms with Crippen LogP contribution in [0.2, 0.25) is 5.02 Å². The minimum absolute atomic E-state index is 0.214. The number of carbonyl (C=O) groups is 2. The zero-order chi connectivity index (χ0) is 16.8. The van der Waals surface area contributed by atoms with Crippen molar-refractivity contribution in [2.24, 2.45) is 0 Å². The molecular weight excluding hydrogens is 312 g/mol. The van der Waals surface area contributed by atoms with Crippen LogP contribution in [0.15, 0.2) is 48.5 Å². The summed E-state index contributed by atoms with van der Waals surface area (Å²) in [5.74, 6) is -0.592. The van der Waals surface area contributed by atoms with Crippen LogP contribution in [0.3, 0.4) is 0 Å². The number of benzene rings is 2. The Labute approximate surface area is 141 Å². The van der Waals surface area contributed by atoms with Crippen molar-refractivity contribution in [3.05, 3.63) is 59.1 Å². The van der Waals surface area contributed by atoms with Crippen molar-refractivity contribution in [3.8, 4) is 0 Å². The van der Waals surface area contributed by atoms with Gasteiger partial charge in [-0.25, -0.2) is 0 Å². The zero-order valence-electron chi connectivity index (χ0n) is 13.2. The standard InChI is InChI=1S/C18H19ClN2O2/c1-3-21(14-8-5-4-6-9-14)18(23)12-17(22)20-16-11-7-10-15(19)13(16)2/h4-11H,3,12H2,1-2H3,(H,20,22). The second kappa shape index (κ2) is 7.79. The van der Waals surface area contributed by atoms with Crippen molar-refractivity contribution in [3.63, 3.8) is 0 Å². The Morgan fingerprint density at radius 2 is 1.78 bits per heavy atom. The van der Waals surface area contributed by atoms with E-state index >= 15 is 0 Å². The van der Waals surface area contributed by atoms with Crippen molar-refractivity contribution in [2.75, 3.05) is 16.8 Å². The number of hydrogen-bond acceptors (Lipinski definition) is 2. The van der Waals surface area contributed by atoms with E-state index < -0.39 is 0 Å². The van der Waals surface area contributed by atoms with Crippen molar-refractivity contribution in [1.82, 2.24) is 0 Å². The first kappa shape index (κ1) is 17.0. The highest BCUT2D eigenvalue weighted by Gasteiger charge is 2.18. The van der Waals surface area contributed by atoms with Gasteiger partial charge >= 0.3 is 0 Å². The Bertz CT molecular complexity index is 701. The van der Waals surface area contributed by atoms with E-state index in [1.807, 2.05) is 44.2 Å². The summed E-state index contributed by atoms with van der Waals surface area (Å²) in [7, 11) is 0. The molecule has 0 saturated carbocycles. The van der Waals surface area contributed by atoms with Gasteiger partial charge in [0.1, 0.15) is 6.42 Å². The molecule has 4 nitrogen and oxygen atoms in total. The highest BCUT2D eigenvalue weighted by Crippen LogP contribution is 2.23. The largest absolute Gasteiger partial charge is 0.325 e. The van der Waals surface area contributed by atoms with Gasteiger partial charge < -0.3 is 10.2 Å². The Kier molecular flexibility index (Phi) is 5.77. The second-order valence-corrected chi connectivity index (χ2v) is 5.52. The van der Waals surface area contributed by atoms with Gasteiger partial charge in [0.05, 0.1) is 0 Å². The average molecular weight is 331 g/mol. The fourth-order valence-corrected chi connectivity index (χ4v) is 2.46. The molecule has 0 aliphatic carbocycles. The maximum atomic E-state index is 12.4. The molecule has 2 amide bonds. The van der Waals surface area contributed by atoms with Crippen LogP contribution in [-0.4, -0.2) is 18.4 Å². The number of hydrogen-bond donors (Lipinski definition) is 1. The first-order chi connectivity index (χ1) is 11.0. The smallest absolute Gasteiger partial charge is 0.236 e. The van der Waals surface area contributed by atoms with Gasteiger partial charge in [-0.3, -0.25) is 9.59 Å². The third-order valence-corrected chi connectivity index (χ3v) is 3.95. The SMILES string of the molecule is CCN(C(=O)CC(=O)Nc1cccc(Cl)c1C)c1ccccc1. The average Bonchev–Trinajstić information content (AvgIpc) is 2.53.